The van der Waals surface area contributed by atoms with E-state index < -0.39 is 0 Å². The van der Waals surface area contributed by atoms with Crippen LogP contribution in [-0.2, 0) is 0 Å². The number of aryl methyl sites for hydroxylation is 2. The second-order valence-electron chi connectivity index (χ2n) is 5.77. The highest BCUT2D eigenvalue weighted by molar-refractivity contribution is 7.17. The number of benzene rings is 2. The van der Waals surface area contributed by atoms with Gasteiger partial charge in [-0.15, -0.1) is 5.10 Å². The summed E-state index contributed by atoms with van der Waals surface area (Å²) < 4.78 is 1.76. The summed E-state index contributed by atoms with van der Waals surface area (Å²) in [6.07, 6.45) is 0. The fourth-order valence-electron chi connectivity index (χ4n) is 2.61. The van der Waals surface area contributed by atoms with Gasteiger partial charge in [-0.2, -0.15) is 4.98 Å². The molecule has 5 nitrogen and oxygen atoms in total. The summed E-state index contributed by atoms with van der Waals surface area (Å²) in [6.45, 7) is 4.02. The second-order valence-corrected chi connectivity index (χ2v) is 6.95. The van der Waals surface area contributed by atoms with E-state index in [1.807, 2.05) is 68.4 Å². The van der Waals surface area contributed by atoms with Crippen molar-refractivity contribution in [3.05, 3.63) is 70.7 Å². The molecule has 0 spiro atoms. The lowest BCUT2D eigenvalue weighted by molar-refractivity contribution is 0.102. The smallest absolute Gasteiger partial charge is 0.258 e. The van der Waals surface area contributed by atoms with Crippen LogP contribution in [-0.4, -0.2) is 20.5 Å². The van der Waals surface area contributed by atoms with Gasteiger partial charge in [0.25, 0.3) is 11.9 Å². The van der Waals surface area contributed by atoms with E-state index in [0.29, 0.717) is 11.5 Å². The SMILES string of the molecule is Cc1sc2nc(NC(=O)c3ccc(-c4ccccc4)cc3)nn2c1C. The van der Waals surface area contributed by atoms with Crippen LogP contribution < -0.4 is 5.32 Å². The number of hydrogen-bond acceptors (Lipinski definition) is 4. The van der Waals surface area contributed by atoms with Crippen molar-refractivity contribution in [2.75, 3.05) is 5.32 Å². The average Bonchev–Trinajstić information content (AvgIpc) is 3.14. The van der Waals surface area contributed by atoms with Gasteiger partial charge in [0.2, 0.25) is 4.96 Å². The summed E-state index contributed by atoms with van der Waals surface area (Å²) >= 11 is 1.56. The van der Waals surface area contributed by atoms with Gasteiger partial charge in [-0.25, -0.2) is 4.52 Å². The lowest BCUT2D eigenvalue weighted by atomic mass is 10.0. The van der Waals surface area contributed by atoms with Crippen molar-refractivity contribution < 1.29 is 4.79 Å². The number of rotatable bonds is 3. The molecule has 0 bridgehead atoms. The summed E-state index contributed by atoms with van der Waals surface area (Å²) in [5, 5.41) is 7.11. The Morgan fingerprint density at radius 3 is 2.36 bits per heavy atom. The molecule has 2 aromatic heterocycles. The number of hydrogen-bond donors (Lipinski definition) is 1. The van der Waals surface area contributed by atoms with Gasteiger partial charge in [0.15, 0.2) is 0 Å². The fraction of sp³-hybridized carbons (Fsp3) is 0.105. The number of carbonyl (C=O) groups excluding carboxylic acids is 1. The van der Waals surface area contributed by atoms with Crippen LogP contribution >= 0.6 is 11.3 Å². The molecule has 0 unspecified atom stereocenters. The molecule has 4 rings (SSSR count). The van der Waals surface area contributed by atoms with Crippen molar-refractivity contribution in [3.8, 4) is 11.1 Å². The number of nitrogens with one attached hydrogen (secondary N) is 1. The van der Waals surface area contributed by atoms with Gasteiger partial charge in [0.05, 0.1) is 5.69 Å². The summed E-state index contributed by atoms with van der Waals surface area (Å²) in [6, 6.07) is 17.6. The average molecular weight is 348 g/mol. The van der Waals surface area contributed by atoms with E-state index in [1.54, 1.807) is 15.9 Å². The number of fused-ring (bicyclic) bond motifs is 1. The van der Waals surface area contributed by atoms with Crippen LogP contribution in [0.1, 0.15) is 20.9 Å². The molecule has 0 saturated heterocycles. The number of anilines is 1. The molecule has 0 fully saturated rings. The highest BCUT2D eigenvalue weighted by Crippen LogP contribution is 2.22. The van der Waals surface area contributed by atoms with Crippen LogP contribution in [0.4, 0.5) is 5.95 Å². The topological polar surface area (TPSA) is 59.3 Å². The molecular formula is C19H16N4OS. The van der Waals surface area contributed by atoms with E-state index in [4.69, 9.17) is 0 Å². The highest BCUT2D eigenvalue weighted by Gasteiger charge is 2.13. The second kappa shape index (κ2) is 6.14. The monoisotopic (exact) mass is 348 g/mol. The molecule has 4 aromatic rings. The quantitative estimate of drug-likeness (QED) is 0.599. The Labute approximate surface area is 149 Å². The molecule has 0 aliphatic heterocycles. The number of nitrogens with zero attached hydrogens (tertiary/aromatic N) is 3. The zero-order chi connectivity index (χ0) is 17.4. The first-order valence-electron chi connectivity index (χ1n) is 7.91. The van der Waals surface area contributed by atoms with Crippen molar-refractivity contribution in [1.29, 1.82) is 0 Å². The fourth-order valence-corrected chi connectivity index (χ4v) is 3.52. The molecule has 2 heterocycles. The van der Waals surface area contributed by atoms with Crippen LogP contribution in [0.5, 0.6) is 0 Å². The van der Waals surface area contributed by atoms with Gasteiger partial charge in [0.1, 0.15) is 0 Å². The number of amides is 1. The first-order valence-corrected chi connectivity index (χ1v) is 8.73. The summed E-state index contributed by atoms with van der Waals surface area (Å²) in [5.41, 5.74) is 3.81. The third-order valence-electron chi connectivity index (χ3n) is 4.13. The normalized spacial score (nSPS) is 11.0. The zero-order valence-corrected chi connectivity index (χ0v) is 14.7. The molecule has 6 heteroatoms. The highest BCUT2D eigenvalue weighted by atomic mass is 32.1. The van der Waals surface area contributed by atoms with E-state index in [0.717, 1.165) is 21.8 Å². The number of aromatic nitrogens is 3. The Morgan fingerprint density at radius 1 is 1.00 bits per heavy atom. The standard InChI is InChI=1S/C19H16N4OS/c1-12-13(2)25-19-21-18(22-23(12)19)20-17(24)16-10-8-15(9-11-16)14-6-4-3-5-7-14/h3-11H,1-2H3,(H,20,22,24). The minimum atomic E-state index is -0.216. The van der Waals surface area contributed by atoms with Crippen LogP contribution in [0.15, 0.2) is 54.6 Å². The first kappa shape index (κ1) is 15.5. The summed E-state index contributed by atoms with van der Waals surface area (Å²) in [5.74, 6) is 0.110. The van der Waals surface area contributed by atoms with Crippen molar-refractivity contribution in [2.45, 2.75) is 13.8 Å². The van der Waals surface area contributed by atoms with Gasteiger partial charge in [0, 0.05) is 10.4 Å². The molecule has 0 aliphatic rings. The predicted octanol–water partition coefficient (Wildman–Crippen LogP) is 4.33. The largest absolute Gasteiger partial charge is 0.289 e. The van der Waals surface area contributed by atoms with Gasteiger partial charge in [-0.1, -0.05) is 53.8 Å². The molecule has 2 aromatic carbocycles. The minimum absolute atomic E-state index is 0.216. The molecule has 25 heavy (non-hydrogen) atoms. The molecule has 0 saturated carbocycles. The predicted molar refractivity (Wildman–Crippen MR) is 100 cm³/mol. The maximum atomic E-state index is 12.4. The molecular weight excluding hydrogens is 332 g/mol. The van der Waals surface area contributed by atoms with E-state index in [1.165, 1.54) is 4.88 Å². The van der Waals surface area contributed by atoms with Gasteiger partial charge in [-0.05, 0) is 37.1 Å². The van der Waals surface area contributed by atoms with Crippen molar-refractivity contribution in [2.24, 2.45) is 0 Å². The molecule has 0 aliphatic carbocycles. The Hall–Kier alpha value is -2.99. The Morgan fingerprint density at radius 2 is 1.68 bits per heavy atom. The molecule has 1 N–H and O–H groups in total. The lowest BCUT2D eigenvalue weighted by Crippen LogP contribution is -2.13. The van der Waals surface area contributed by atoms with Gasteiger partial charge in [-0.3, -0.25) is 10.1 Å². The van der Waals surface area contributed by atoms with Crippen LogP contribution in [0.3, 0.4) is 0 Å². The van der Waals surface area contributed by atoms with E-state index in [9.17, 15) is 4.79 Å². The molecule has 1 amide bonds. The Bertz CT molecular complexity index is 1050. The van der Waals surface area contributed by atoms with E-state index in [-0.39, 0.29) is 5.91 Å². The Kier molecular flexibility index (Phi) is 3.82. The Balaban J connectivity index is 1.54. The molecule has 0 radical (unpaired) electrons. The van der Waals surface area contributed by atoms with Crippen LogP contribution in [0, 0.1) is 13.8 Å². The van der Waals surface area contributed by atoms with Crippen LogP contribution in [0.2, 0.25) is 0 Å². The van der Waals surface area contributed by atoms with Gasteiger partial charge >= 0.3 is 0 Å². The van der Waals surface area contributed by atoms with E-state index in [2.05, 4.69) is 15.4 Å². The maximum absolute atomic E-state index is 12.4. The zero-order valence-electron chi connectivity index (χ0n) is 13.9. The maximum Gasteiger partial charge on any atom is 0.258 e. The third-order valence-corrected chi connectivity index (χ3v) is 5.18. The number of thiazole rings is 1. The lowest BCUT2D eigenvalue weighted by Gasteiger charge is -2.04. The number of carbonyl (C=O) groups is 1. The van der Waals surface area contributed by atoms with Gasteiger partial charge < -0.3 is 0 Å². The summed E-state index contributed by atoms with van der Waals surface area (Å²) in [7, 11) is 0. The van der Waals surface area contributed by atoms with Crippen LogP contribution in [0.25, 0.3) is 16.1 Å². The minimum Gasteiger partial charge on any atom is -0.289 e. The first-order chi connectivity index (χ1) is 12.1. The summed E-state index contributed by atoms with van der Waals surface area (Å²) in [4.78, 5) is 18.7. The molecule has 124 valence electrons. The third kappa shape index (κ3) is 2.92. The van der Waals surface area contributed by atoms with E-state index >= 15 is 0 Å². The van der Waals surface area contributed by atoms with Crippen molar-refractivity contribution in [1.82, 2.24) is 14.6 Å². The molecule has 0 atom stereocenters. The van der Waals surface area contributed by atoms with Crippen molar-refractivity contribution in [3.63, 3.8) is 0 Å². The van der Waals surface area contributed by atoms with Crippen molar-refractivity contribution >= 4 is 28.2 Å².